The van der Waals surface area contributed by atoms with Crippen LogP contribution in [0.4, 0.5) is 10.5 Å². The third-order valence-corrected chi connectivity index (χ3v) is 2.91. The Hall–Kier alpha value is -1.43. The minimum Gasteiger partial charge on any atom is -0.493 e. The Morgan fingerprint density at radius 3 is 2.44 bits per heavy atom. The first-order valence-corrected chi connectivity index (χ1v) is 6.38. The molecule has 0 heterocycles. The molecule has 0 aliphatic heterocycles. The lowest BCUT2D eigenvalue weighted by molar-refractivity contribution is 0.252. The van der Waals surface area contributed by atoms with Crippen LogP contribution in [-0.2, 0) is 0 Å². The van der Waals surface area contributed by atoms with Crippen LogP contribution in [0.1, 0.15) is 13.3 Å². The molecule has 0 spiro atoms. The number of ether oxygens (including phenoxy) is 2. The minimum absolute atomic E-state index is 0.246. The summed E-state index contributed by atoms with van der Waals surface area (Å²) in [5.41, 5.74) is 0.626. The van der Waals surface area contributed by atoms with Crippen LogP contribution < -0.4 is 20.1 Å². The summed E-state index contributed by atoms with van der Waals surface area (Å²) in [5, 5.41) is 5.47. The summed E-state index contributed by atoms with van der Waals surface area (Å²) in [4.78, 5) is 11.6. The van der Waals surface area contributed by atoms with E-state index in [4.69, 9.17) is 9.47 Å². The van der Waals surface area contributed by atoms with Crippen LogP contribution in [-0.4, -0.2) is 26.8 Å². The summed E-state index contributed by atoms with van der Waals surface area (Å²) < 4.78 is 11.1. The number of hydrogen-bond acceptors (Lipinski definition) is 3. The van der Waals surface area contributed by atoms with Gasteiger partial charge < -0.3 is 20.1 Å². The highest BCUT2D eigenvalue weighted by Gasteiger charge is 2.11. The summed E-state index contributed by atoms with van der Waals surface area (Å²) in [6.45, 7) is 2.63. The number of urea groups is 1. The Balaban J connectivity index is 2.85. The summed E-state index contributed by atoms with van der Waals surface area (Å²) >= 11 is 3.37. The first-order chi connectivity index (χ1) is 8.62. The fraction of sp³-hybridized carbons (Fsp3) is 0.417. The molecule has 1 aromatic carbocycles. The molecule has 5 nitrogen and oxygen atoms in total. The monoisotopic (exact) mass is 316 g/mol. The Bertz CT molecular complexity index is 424. The van der Waals surface area contributed by atoms with Crippen molar-refractivity contribution in [2.75, 3.05) is 26.1 Å². The van der Waals surface area contributed by atoms with E-state index in [0.717, 1.165) is 10.9 Å². The number of amides is 2. The van der Waals surface area contributed by atoms with Crippen molar-refractivity contribution in [2.45, 2.75) is 13.3 Å². The van der Waals surface area contributed by atoms with E-state index in [1.54, 1.807) is 26.4 Å². The zero-order chi connectivity index (χ0) is 13.5. The second-order valence-electron chi connectivity index (χ2n) is 3.57. The fourth-order valence-electron chi connectivity index (χ4n) is 1.36. The average molecular weight is 317 g/mol. The topological polar surface area (TPSA) is 59.6 Å². The molecule has 1 aromatic rings. The summed E-state index contributed by atoms with van der Waals surface area (Å²) in [6.07, 6.45) is 0.889. The molecule has 1 rings (SSSR count). The van der Waals surface area contributed by atoms with Gasteiger partial charge >= 0.3 is 6.03 Å². The molecular weight excluding hydrogens is 300 g/mol. The van der Waals surface area contributed by atoms with Crippen LogP contribution >= 0.6 is 15.9 Å². The van der Waals surface area contributed by atoms with Gasteiger partial charge in [-0.3, -0.25) is 0 Å². The number of hydrogen-bond donors (Lipinski definition) is 2. The van der Waals surface area contributed by atoms with Crippen molar-refractivity contribution in [3.8, 4) is 11.5 Å². The summed E-state index contributed by atoms with van der Waals surface area (Å²) in [5.74, 6) is 1.16. The molecule has 0 unspecified atom stereocenters. The summed E-state index contributed by atoms with van der Waals surface area (Å²) in [6, 6.07) is 3.20. The van der Waals surface area contributed by atoms with E-state index in [9.17, 15) is 4.79 Å². The molecule has 0 saturated heterocycles. The van der Waals surface area contributed by atoms with Crippen LogP contribution in [0.3, 0.4) is 0 Å². The quantitative estimate of drug-likeness (QED) is 0.878. The van der Waals surface area contributed by atoms with Crippen LogP contribution in [0, 0.1) is 0 Å². The Morgan fingerprint density at radius 1 is 1.28 bits per heavy atom. The molecule has 100 valence electrons. The SMILES string of the molecule is CCCNC(=O)Nc1cc(OC)c(OC)cc1Br. The van der Waals surface area contributed by atoms with Crippen LogP contribution in [0.5, 0.6) is 11.5 Å². The van der Waals surface area contributed by atoms with Crippen molar-refractivity contribution < 1.29 is 14.3 Å². The second kappa shape index (κ2) is 7.10. The van der Waals surface area contributed by atoms with Gasteiger partial charge in [0.1, 0.15) is 0 Å². The Kier molecular flexibility index (Phi) is 5.77. The van der Waals surface area contributed by atoms with E-state index in [1.807, 2.05) is 6.92 Å². The van der Waals surface area contributed by atoms with Gasteiger partial charge in [-0.2, -0.15) is 0 Å². The van der Waals surface area contributed by atoms with Crippen molar-refractivity contribution in [1.29, 1.82) is 0 Å². The smallest absolute Gasteiger partial charge is 0.319 e. The largest absolute Gasteiger partial charge is 0.493 e. The third-order valence-electron chi connectivity index (χ3n) is 2.26. The van der Waals surface area contributed by atoms with Gasteiger partial charge in [-0.05, 0) is 22.4 Å². The molecule has 6 heteroatoms. The normalized spacial score (nSPS) is 9.78. The zero-order valence-electron chi connectivity index (χ0n) is 10.7. The zero-order valence-corrected chi connectivity index (χ0v) is 12.3. The van der Waals surface area contributed by atoms with Gasteiger partial charge in [-0.15, -0.1) is 0 Å². The van der Waals surface area contributed by atoms with E-state index in [-0.39, 0.29) is 6.03 Å². The molecule has 0 atom stereocenters. The predicted octanol–water partition coefficient (Wildman–Crippen LogP) is 3.00. The number of nitrogens with one attached hydrogen (secondary N) is 2. The number of benzene rings is 1. The first kappa shape index (κ1) is 14.6. The van der Waals surface area contributed by atoms with E-state index in [2.05, 4.69) is 26.6 Å². The van der Waals surface area contributed by atoms with Gasteiger partial charge in [-0.25, -0.2) is 4.79 Å². The third kappa shape index (κ3) is 3.80. The standard InChI is InChI=1S/C12H17BrN2O3/c1-4-5-14-12(16)15-9-7-11(18-3)10(17-2)6-8(9)13/h6-7H,4-5H2,1-3H3,(H2,14,15,16). The average Bonchev–Trinajstić information content (AvgIpc) is 2.38. The van der Waals surface area contributed by atoms with Crippen molar-refractivity contribution in [2.24, 2.45) is 0 Å². The van der Waals surface area contributed by atoms with Gasteiger partial charge in [0.15, 0.2) is 11.5 Å². The molecule has 0 aliphatic rings. The number of methoxy groups -OCH3 is 2. The number of carbonyl (C=O) groups excluding carboxylic acids is 1. The van der Waals surface area contributed by atoms with E-state index in [0.29, 0.717) is 23.7 Å². The maximum Gasteiger partial charge on any atom is 0.319 e. The van der Waals surface area contributed by atoms with Gasteiger partial charge in [0.2, 0.25) is 0 Å². The molecule has 0 radical (unpaired) electrons. The number of anilines is 1. The maximum atomic E-state index is 11.6. The maximum absolute atomic E-state index is 11.6. The van der Waals surface area contributed by atoms with Gasteiger partial charge in [0.25, 0.3) is 0 Å². The molecule has 0 aromatic heterocycles. The lowest BCUT2D eigenvalue weighted by atomic mass is 10.2. The summed E-state index contributed by atoms with van der Waals surface area (Å²) in [7, 11) is 3.11. The van der Waals surface area contributed by atoms with E-state index in [1.165, 1.54) is 0 Å². The van der Waals surface area contributed by atoms with Crippen LogP contribution in [0.25, 0.3) is 0 Å². The lowest BCUT2D eigenvalue weighted by Crippen LogP contribution is -2.29. The molecule has 2 amide bonds. The highest BCUT2D eigenvalue weighted by Crippen LogP contribution is 2.36. The molecule has 0 aliphatic carbocycles. The highest BCUT2D eigenvalue weighted by atomic mass is 79.9. The van der Waals surface area contributed by atoms with E-state index >= 15 is 0 Å². The molecule has 0 saturated carbocycles. The van der Waals surface area contributed by atoms with Crippen LogP contribution in [0.15, 0.2) is 16.6 Å². The van der Waals surface area contributed by atoms with E-state index < -0.39 is 0 Å². The number of rotatable bonds is 5. The Labute approximate surface area is 115 Å². The molecule has 18 heavy (non-hydrogen) atoms. The van der Waals surface area contributed by atoms with Crippen molar-refractivity contribution in [3.05, 3.63) is 16.6 Å². The highest BCUT2D eigenvalue weighted by molar-refractivity contribution is 9.10. The van der Waals surface area contributed by atoms with Gasteiger partial charge in [-0.1, -0.05) is 6.92 Å². The Morgan fingerprint density at radius 2 is 1.89 bits per heavy atom. The molecule has 0 fully saturated rings. The molecule has 0 bridgehead atoms. The number of halogens is 1. The first-order valence-electron chi connectivity index (χ1n) is 5.58. The molecular formula is C12H17BrN2O3. The minimum atomic E-state index is -0.246. The van der Waals surface area contributed by atoms with Gasteiger partial charge in [0, 0.05) is 23.2 Å². The lowest BCUT2D eigenvalue weighted by Gasteiger charge is -2.13. The van der Waals surface area contributed by atoms with Crippen LogP contribution in [0.2, 0.25) is 0 Å². The van der Waals surface area contributed by atoms with Crippen molar-refractivity contribution in [3.63, 3.8) is 0 Å². The van der Waals surface area contributed by atoms with Crippen molar-refractivity contribution in [1.82, 2.24) is 5.32 Å². The molecule has 2 N–H and O–H groups in total. The van der Waals surface area contributed by atoms with Crippen molar-refractivity contribution >= 4 is 27.6 Å². The predicted molar refractivity (Wildman–Crippen MR) is 74.6 cm³/mol. The second-order valence-corrected chi connectivity index (χ2v) is 4.42. The van der Waals surface area contributed by atoms with Gasteiger partial charge in [0.05, 0.1) is 19.9 Å². The fourth-order valence-corrected chi connectivity index (χ4v) is 1.78. The number of carbonyl (C=O) groups is 1.